The molecule has 0 fully saturated rings. The third-order valence-electron chi connectivity index (χ3n) is 3.82. The number of nitrogens with zero attached hydrogens (tertiary/aromatic N) is 2. The Labute approximate surface area is 131 Å². The van der Waals surface area contributed by atoms with Gasteiger partial charge in [-0.3, -0.25) is 4.99 Å². The second-order valence-electron chi connectivity index (χ2n) is 5.23. The van der Waals surface area contributed by atoms with Gasteiger partial charge in [0.05, 0.1) is 12.2 Å². The summed E-state index contributed by atoms with van der Waals surface area (Å²) in [7, 11) is 0. The van der Waals surface area contributed by atoms with E-state index in [-0.39, 0.29) is 5.82 Å². The molecule has 0 radical (unpaired) electrons. The van der Waals surface area contributed by atoms with Crippen LogP contribution in [0.1, 0.15) is 25.3 Å². The van der Waals surface area contributed by atoms with E-state index in [2.05, 4.69) is 22.9 Å². The van der Waals surface area contributed by atoms with Gasteiger partial charge in [0.15, 0.2) is 5.17 Å². The Balaban J connectivity index is 1.87. The Bertz CT molecular complexity index is 776. The van der Waals surface area contributed by atoms with Crippen LogP contribution >= 0.6 is 23.1 Å². The molecule has 0 unspecified atom stereocenters. The monoisotopic (exact) mass is 318 g/mol. The number of fused-ring (bicyclic) bond motifs is 2. The zero-order valence-electron chi connectivity index (χ0n) is 11.7. The van der Waals surface area contributed by atoms with E-state index >= 15 is 0 Å². The van der Waals surface area contributed by atoms with Gasteiger partial charge in [-0.25, -0.2) is 4.39 Å². The molecule has 0 N–H and O–H groups in total. The molecule has 0 aliphatic carbocycles. The van der Waals surface area contributed by atoms with Crippen molar-refractivity contribution in [3.05, 3.63) is 39.9 Å². The summed E-state index contributed by atoms with van der Waals surface area (Å²) in [6.45, 7) is 3.93. The molecular weight excluding hydrogens is 303 g/mol. The molecule has 4 rings (SSSR count). The lowest BCUT2D eigenvalue weighted by Crippen LogP contribution is -2.20. The van der Waals surface area contributed by atoms with Crippen LogP contribution in [0.4, 0.5) is 4.39 Å². The highest BCUT2D eigenvalue weighted by Gasteiger charge is 2.32. The molecule has 2 nitrogen and oxygen atoms in total. The SMILES string of the molecule is CCCC1=C(c2cc(F)c3ccsc3c2)N2CCN=C2S1. The summed E-state index contributed by atoms with van der Waals surface area (Å²) in [6.07, 6.45) is 2.12. The number of amidine groups is 1. The van der Waals surface area contributed by atoms with Crippen LogP contribution in [0.2, 0.25) is 0 Å². The van der Waals surface area contributed by atoms with Crippen LogP contribution in [0, 0.1) is 5.82 Å². The fourth-order valence-corrected chi connectivity index (χ4v) is 5.05. The quantitative estimate of drug-likeness (QED) is 0.797. The van der Waals surface area contributed by atoms with Gasteiger partial charge in [0.1, 0.15) is 5.82 Å². The molecule has 0 amide bonds. The summed E-state index contributed by atoms with van der Waals surface area (Å²) in [5.41, 5.74) is 2.16. The minimum Gasteiger partial charge on any atom is -0.318 e. The molecule has 1 aromatic carbocycles. The summed E-state index contributed by atoms with van der Waals surface area (Å²) in [4.78, 5) is 8.13. The highest BCUT2D eigenvalue weighted by atomic mass is 32.2. The number of hydrogen-bond donors (Lipinski definition) is 0. The molecule has 0 bridgehead atoms. The average Bonchev–Trinajstić information content (AvgIpc) is 3.13. The van der Waals surface area contributed by atoms with E-state index in [1.54, 1.807) is 29.2 Å². The van der Waals surface area contributed by atoms with Gasteiger partial charge in [0.2, 0.25) is 0 Å². The predicted molar refractivity (Wildman–Crippen MR) is 90.2 cm³/mol. The first-order chi connectivity index (χ1) is 10.3. The molecule has 2 aliphatic rings. The van der Waals surface area contributed by atoms with Gasteiger partial charge in [-0.15, -0.1) is 11.3 Å². The largest absolute Gasteiger partial charge is 0.318 e. The van der Waals surface area contributed by atoms with Crippen molar-refractivity contribution in [3.8, 4) is 0 Å². The first kappa shape index (κ1) is 13.3. The zero-order chi connectivity index (χ0) is 14.4. The topological polar surface area (TPSA) is 15.6 Å². The van der Waals surface area contributed by atoms with E-state index in [0.717, 1.165) is 46.7 Å². The van der Waals surface area contributed by atoms with E-state index in [9.17, 15) is 4.39 Å². The molecular formula is C16H15FN2S2. The van der Waals surface area contributed by atoms with Crippen molar-refractivity contribution in [1.29, 1.82) is 0 Å². The smallest absolute Gasteiger partial charge is 0.168 e. The minimum atomic E-state index is -0.123. The second-order valence-corrected chi connectivity index (χ2v) is 7.24. The van der Waals surface area contributed by atoms with Gasteiger partial charge in [-0.1, -0.05) is 25.1 Å². The molecule has 3 heterocycles. The zero-order valence-corrected chi connectivity index (χ0v) is 13.4. The van der Waals surface area contributed by atoms with E-state index < -0.39 is 0 Å². The van der Waals surface area contributed by atoms with Gasteiger partial charge in [-0.2, -0.15) is 0 Å². The van der Waals surface area contributed by atoms with E-state index in [1.165, 1.54) is 10.6 Å². The average molecular weight is 318 g/mol. The number of benzene rings is 1. The minimum absolute atomic E-state index is 0.123. The number of aliphatic imine (C=N–C) groups is 1. The van der Waals surface area contributed by atoms with Gasteiger partial charge >= 0.3 is 0 Å². The van der Waals surface area contributed by atoms with Crippen molar-refractivity contribution in [1.82, 2.24) is 4.90 Å². The van der Waals surface area contributed by atoms with E-state index in [1.807, 2.05) is 11.4 Å². The van der Waals surface area contributed by atoms with Crippen molar-refractivity contribution >= 4 is 44.0 Å². The Kier molecular flexibility index (Phi) is 3.27. The number of thioether (sulfide) groups is 1. The van der Waals surface area contributed by atoms with Gasteiger partial charge in [0.25, 0.3) is 0 Å². The van der Waals surface area contributed by atoms with Crippen LogP contribution in [0.25, 0.3) is 15.8 Å². The van der Waals surface area contributed by atoms with Crippen molar-refractivity contribution in [2.75, 3.05) is 13.1 Å². The summed E-state index contributed by atoms with van der Waals surface area (Å²) in [6, 6.07) is 5.66. The third-order valence-corrected chi connectivity index (χ3v) is 5.86. The van der Waals surface area contributed by atoms with Crippen LogP contribution in [0.5, 0.6) is 0 Å². The Morgan fingerprint density at radius 3 is 3.14 bits per heavy atom. The van der Waals surface area contributed by atoms with Crippen LogP contribution in [0.3, 0.4) is 0 Å². The predicted octanol–water partition coefficient (Wildman–Crippen LogP) is 4.93. The lowest BCUT2D eigenvalue weighted by Gasteiger charge is -2.17. The summed E-state index contributed by atoms with van der Waals surface area (Å²) in [5.74, 6) is -0.123. The first-order valence-electron chi connectivity index (χ1n) is 7.18. The number of thiophene rings is 1. The molecule has 0 atom stereocenters. The lowest BCUT2D eigenvalue weighted by molar-refractivity contribution is 0.631. The maximum Gasteiger partial charge on any atom is 0.168 e. The van der Waals surface area contributed by atoms with Crippen molar-refractivity contribution in [2.45, 2.75) is 19.8 Å². The number of halogens is 1. The second kappa shape index (κ2) is 5.14. The molecule has 21 heavy (non-hydrogen) atoms. The van der Waals surface area contributed by atoms with Gasteiger partial charge < -0.3 is 4.90 Å². The summed E-state index contributed by atoms with van der Waals surface area (Å²) >= 11 is 3.35. The lowest BCUT2D eigenvalue weighted by atomic mass is 10.1. The standard InChI is InChI=1S/C16H15FN2S2/c1-2-3-13-15(19-6-5-18-16(19)21-13)10-8-12(17)11-4-7-20-14(11)9-10/h4,7-9H,2-3,5-6H2,1H3. The number of allylic oxidation sites excluding steroid dienone is 1. The molecule has 5 heteroatoms. The normalized spacial score (nSPS) is 17.8. The van der Waals surface area contributed by atoms with Crippen LogP contribution in [0.15, 0.2) is 33.5 Å². The molecule has 1 aromatic heterocycles. The van der Waals surface area contributed by atoms with E-state index in [4.69, 9.17) is 0 Å². The maximum absolute atomic E-state index is 14.3. The fourth-order valence-electron chi connectivity index (χ4n) is 2.91. The summed E-state index contributed by atoms with van der Waals surface area (Å²) in [5, 5.41) is 3.76. The fraction of sp³-hybridized carbons (Fsp3) is 0.312. The molecule has 2 aliphatic heterocycles. The molecule has 108 valence electrons. The first-order valence-corrected chi connectivity index (χ1v) is 8.87. The maximum atomic E-state index is 14.3. The van der Waals surface area contributed by atoms with Crippen molar-refractivity contribution in [3.63, 3.8) is 0 Å². The van der Waals surface area contributed by atoms with Crippen LogP contribution in [-0.4, -0.2) is 23.2 Å². The van der Waals surface area contributed by atoms with Gasteiger partial charge in [0, 0.05) is 27.1 Å². The Morgan fingerprint density at radius 1 is 1.38 bits per heavy atom. The van der Waals surface area contributed by atoms with Gasteiger partial charge in [-0.05, 0) is 30.0 Å². The van der Waals surface area contributed by atoms with Crippen molar-refractivity contribution < 1.29 is 4.39 Å². The highest BCUT2D eigenvalue weighted by molar-refractivity contribution is 8.17. The molecule has 0 saturated carbocycles. The summed E-state index contributed by atoms with van der Waals surface area (Å²) < 4.78 is 15.3. The number of rotatable bonds is 3. The highest BCUT2D eigenvalue weighted by Crippen LogP contribution is 2.44. The Hall–Kier alpha value is -1.33. The van der Waals surface area contributed by atoms with Crippen LogP contribution in [-0.2, 0) is 0 Å². The van der Waals surface area contributed by atoms with Crippen LogP contribution < -0.4 is 0 Å². The number of hydrogen-bond acceptors (Lipinski definition) is 4. The Morgan fingerprint density at radius 2 is 2.29 bits per heavy atom. The molecule has 0 spiro atoms. The third kappa shape index (κ3) is 2.10. The van der Waals surface area contributed by atoms with E-state index in [0.29, 0.717) is 0 Å². The van der Waals surface area contributed by atoms with Crippen molar-refractivity contribution in [2.24, 2.45) is 4.99 Å². The molecule has 2 aromatic rings. The molecule has 0 saturated heterocycles.